The van der Waals surface area contributed by atoms with Crippen LogP contribution in [0.1, 0.15) is 30.5 Å². The summed E-state index contributed by atoms with van der Waals surface area (Å²) in [6.07, 6.45) is 6.09. The van der Waals surface area contributed by atoms with E-state index in [1.165, 1.54) is 18.4 Å². The summed E-state index contributed by atoms with van der Waals surface area (Å²) < 4.78 is 0. The van der Waals surface area contributed by atoms with Crippen molar-refractivity contribution in [3.05, 3.63) is 29.6 Å². The van der Waals surface area contributed by atoms with Gasteiger partial charge in [-0.15, -0.1) is 0 Å². The lowest BCUT2D eigenvalue weighted by Crippen LogP contribution is -2.10. The molecule has 0 radical (unpaired) electrons. The molecule has 0 spiro atoms. The largest absolute Gasteiger partial charge is 0.393 e. The molecule has 1 aliphatic carbocycles. The van der Waals surface area contributed by atoms with Gasteiger partial charge in [-0.2, -0.15) is 0 Å². The molecular formula is C12H17NO. The number of hydrogen-bond acceptors (Lipinski definition) is 2. The second-order valence-electron chi connectivity index (χ2n) is 4.25. The molecule has 1 saturated carbocycles. The number of nitrogens with zero attached hydrogens (tertiary/aromatic N) is 1. The lowest BCUT2D eigenvalue weighted by molar-refractivity contribution is 0.142. The fourth-order valence-electron chi connectivity index (χ4n) is 1.68. The molecule has 1 N–H and O–H groups in total. The van der Waals surface area contributed by atoms with E-state index in [0.717, 1.165) is 18.5 Å². The highest BCUT2D eigenvalue weighted by atomic mass is 16.3. The van der Waals surface area contributed by atoms with Crippen molar-refractivity contribution in [2.45, 2.75) is 38.7 Å². The monoisotopic (exact) mass is 191 g/mol. The minimum Gasteiger partial charge on any atom is -0.393 e. The molecular weight excluding hydrogens is 174 g/mol. The number of aromatic nitrogens is 1. The predicted octanol–water partition coefficient (Wildman–Crippen LogP) is 2.09. The van der Waals surface area contributed by atoms with Gasteiger partial charge in [0.15, 0.2) is 0 Å². The molecule has 14 heavy (non-hydrogen) atoms. The summed E-state index contributed by atoms with van der Waals surface area (Å²) in [7, 11) is 0. The Balaban J connectivity index is 1.82. The van der Waals surface area contributed by atoms with Gasteiger partial charge in [0.1, 0.15) is 0 Å². The first-order valence-corrected chi connectivity index (χ1v) is 5.35. The minimum atomic E-state index is -0.0868. The number of rotatable bonds is 4. The molecule has 1 fully saturated rings. The maximum atomic E-state index is 9.68. The number of aryl methyl sites for hydroxylation is 2. The maximum absolute atomic E-state index is 9.68. The van der Waals surface area contributed by atoms with Crippen LogP contribution in [0.25, 0.3) is 0 Å². The average Bonchev–Trinajstić information content (AvgIpc) is 3.00. The number of pyridine rings is 1. The zero-order chi connectivity index (χ0) is 9.97. The molecule has 2 heteroatoms. The van der Waals surface area contributed by atoms with Crippen molar-refractivity contribution in [1.29, 1.82) is 0 Å². The van der Waals surface area contributed by atoms with Crippen LogP contribution in [0.15, 0.2) is 18.3 Å². The summed E-state index contributed by atoms with van der Waals surface area (Å²) in [5.41, 5.74) is 2.28. The lowest BCUT2D eigenvalue weighted by atomic mass is 10.1. The molecule has 0 aliphatic heterocycles. The minimum absolute atomic E-state index is 0.0868. The normalized spacial score (nSPS) is 18.1. The standard InChI is InChI=1S/C12H17NO/c1-9-2-3-10(8-13-9)4-7-12(14)11-5-6-11/h2-3,8,11-12,14H,4-7H2,1H3. The first kappa shape index (κ1) is 9.66. The first-order valence-electron chi connectivity index (χ1n) is 5.35. The van der Waals surface area contributed by atoms with Gasteiger partial charge >= 0.3 is 0 Å². The summed E-state index contributed by atoms with van der Waals surface area (Å²) in [5.74, 6) is 0.591. The van der Waals surface area contributed by atoms with E-state index in [1.54, 1.807) is 0 Å². The van der Waals surface area contributed by atoms with Gasteiger partial charge < -0.3 is 5.11 Å². The van der Waals surface area contributed by atoms with Gasteiger partial charge in [-0.3, -0.25) is 4.98 Å². The molecule has 1 aromatic heterocycles. The van der Waals surface area contributed by atoms with Crippen LogP contribution in [0.3, 0.4) is 0 Å². The SMILES string of the molecule is Cc1ccc(CCC(O)C2CC2)cn1. The Hall–Kier alpha value is -0.890. The molecule has 1 heterocycles. The molecule has 1 unspecified atom stereocenters. The van der Waals surface area contributed by atoms with Crippen molar-refractivity contribution >= 4 is 0 Å². The van der Waals surface area contributed by atoms with E-state index in [-0.39, 0.29) is 6.10 Å². The number of aliphatic hydroxyl groups is 1. The molecule has 0 bridgehead atoms. The fourth-order valence-corrected chi connectivity index (χ4v) is 1.68. The van der Waals surface area contributed by atoms with E-state index in [1.807, 2.05) is 19.2 Å². The average molecular weight is 191 g/mol. The van der Waals surface area contributed by atoms with E-state index in [4.69, 9.17) is 0 Å². The van der Waals surface area contributed by atoms with Crippen LogP contribution >= 0.6 is 0 Å². The molecule has 1 aromatic rings. The van der Waals surface area contributed by atoms with Gasteiger partial charge in [0.25, 0.3) is 0 Å². The third-order valence-electron chi connectivity index (χ3n) is 2.87. The quantitative estimate of drug-likeness (QED) is 0.790. The maximum Gasteiger partial charge on any atom is 0.0571 e. The van der Waals surface area contributed by atoms with Crippen LogP contribution in [0, 0.1) is 12.8 Å². The Morgan fingerprint density at radius 1 is 1.50 bits per heavy atom. The Bertz CT molecular complexity index is 290. The van der Waals surface area contributed by atoms with Crippen LogP contribution in [0.2, 0.25) is 0 Å². The van der Waals surface area contributed by atoms with Crippen molar-refractivity contribution in [3.8, 4) is 0 Å². The Morgan fingerprint density at radius 2 is 2.29 bits per heavy atom. The molecule has 0 saturated heterocycles. The topological polar surface area (TPSA) is 33.1 Å². The molecule has 0 amide bonds. The summed E-state index contributed by atoms with van der Waals surface area (Å²) in [5, 5.41) is 9.68. The van der Waals surface area contributed by atoms with E-state index in [0.29, 0.717) is 5.92 Å². The van der Waals surface area contributed by atoms with E-state index >= 15 is 0 Å². The highest BCUT2D eigenvalue weighted by Gasteiger charge is 2.28. The van der Waals surface area contributed by atoms with Gasteiger partial charge in [-0.1, -0.05) is 6.07 Å². The Labute approximate surface area is 85.0 Å². The molecule has 1 aliphatic rings. The fraction of sp³-hybridized carbons (Fsp3) is 0.583. The van der Waals surface area contributed by atoms with Gasteiger partial charge in [0.2, 0.25) is 0 Å². The summed E-state index contributed by atoms with van der Waals surface area (Å²) >= 11 is 0. The van der Waals surface area contributed by atoms with Crippen molar-refractivity contribution in [2.75, 3.05) is 0 Å². The third-order valence-corrected chi connectivity index (χ3v) is 2.87. The molecule has 2 rings (SSSR count). The lowest BCUT2D eigenvalue weighted by Gasteiger charge is -2.08. The molecule has 1 atom stereocenters. The summed E-state index contributed by atoms with van der Waals surface area (Å²) in [6, 6.07) is 4.13. The van der Waals surface area contributed by atoms with Crippen LogP contribution in [0.4, 0.5) is 0 Å². The first-order chi connectivity index (χ1) is 6.75. The van der Waals surface area contributed by atoms with Gasteiger partial charge in [0, 0.05) is 11.9 Å². The van der Waals surface area contributed by atoms with Crippen LogP contribution in [-0.4, -0.2) is 16.2 Å². The van der Waals surface area contributed by atoms with Crippen LogP contribution in [-0.2, 0) is 6.42 Å². The van der Waals surface area contributed by atoms with Crippen LogP contribution < -0.4 is 0 Å². The van der Waals surface area contributed by atoms with Crippen molar-refractivity contribution in [2.24, 2.45) is 5.92 Å². The van der Waals surface area contributed by atoms with Crippen LogP contribution in [0.5, 0.6) is 0 Å². The molecule has 76 valence electrons. The van der Waals surface area contributed by atoms with Gasteiger partial charge in [-0.05, 0) is 50.2 Å². The van der Waals surface area contributed by atoms with E-state index in [9.17, 15) is 5.11 Å². The Morgan fingerprint density at radius 3 is 2.86 bits per heavy atom. The predicted molar refractivity (Wildman–Crippen MR) is 56.0 cm³/mol. The van der Waals surface area contributed by atoms with Gasteiger partial charge in [0.05, 0.1) is 6.10 Å². The smallest absolute Gasteiger partial charge is 0.0571 e. The van der Waals surface area contributed by atoms with Crippen molar-refractivity contribution in [1.82, 2.24) is 4.98 Å². The zero-order valence-electron chi connectivity index (χ0n) is 8.61. The third kappa shape index (κ3) is 2.55. The zero-order valence-corrected chi connectivity index (χ0v) is 8.61. The molecule has 2 nitrogen and oxygen atoms in total. The summed E-state index contributed by atoms with van der Waals surface area (Å²) in [6.45, 7) is 1.99. The van der Waals surface area contributed by atoms with Crippen molar-refractivity contribution < 1.29 is 5.11 Å². The Kier molecular flexibility index (Phi) is 2.82. The second kappa shape index (κ2) is 4.09. The van der Waals surface area contributed by atoms with Gasteiger partial charge in [-0.25, -0.2) is 0 Å². The highest BCUT2D eigenvalue weighted by Crippen LogP contribution is 2.34. The highest BCUT2D eigenvalue weighted by molar-refractivity contribution is 5.13. The van der Waals surface area contributed by atoms with E-state index < -0.39 is 0 Å². The number of hydrogen-bond donors (Lipinski definition) is 1. The second-order valence-corrected chi connectivity index (χ2v) is 4.25. The van der Waals surface area contributed by atoms with E-state index in [2.05, 4.69) is 11.1 Å². The van der Waals surface area contributed by atoms with Crippen molar-refractivity contribution in [3.63, 3.8) is 0 Å². The number of aliphatic hydroxyl groups excluding tert-OH is 1. The summed E-state index contributed by atoms with van der Waals surface area (Å²) in [4.78, 5) is 4.24. The molecule has 0 aromatic carbocycles.